The number of piperidine rings is 1. The number of nitrogens with zero attached hydrogens (tertiary/aromatic N) is 3. The molecule has 8 heteroatoms. The minimum atomic E-state index is -0.203. The predicted molar refractivity (Wildman–Crippen MR) is 106 cm³/mol. The molecule has 3 heterocycles. The van der Waals surface area contributed by atoms with Crippen LogP contribution in [0.15, 0.2) is 16.7 Å². The average Bonchev–Trinajstić information content (AvgIpc) is 3.27. The van der Waals surface area contributed by atoms with E-state index in [1.54, 1.807) is 44.4 Å². The molecule has 1 aliphatic rings. The SMILES string of the molecule is COc1ccc(C(=O)Nc2c(C)noc2C)c2sc(N3CCCCC3)nc12. The summed E-state index contributed by atoms with van der Waals surface area (Å²) in [5.41, 5.74) is 2.58. The van der Waals surface area contributed by atoms with Gasteiger partial charge >= 0.3 is 0 Å². The second-order valence-corrected chi connectivity index (χ2v) is 7.67. The number of aryl methyl sites for hydroxylation is 2. The number of fused-ring (bicyclic) bond motifs is 1. The molecular weight excluding hydrogens is 364 g/mol. The molecule has 0 radical (unpaired) electrons. The molecule has 4 rings (SSSR count). The largest absolute Gasteiger partial charge is 0.494 e. The number of benzene rings is 1. The highest BCUT2D eigenvalue weighted by Crippen LogP contribution is 2.37. The first-order valence-electron chi connectivity index (χ1n) is 9.05. The van der Waals surface area contributed by atoms with Crippen LogP contribution < -0.4 is 15.0 Å². The summed E-state index contributed by atoms with van der Waals surface area (Å²) in [5, 5.41) is 7.76. The Balaban J connectivity index is 1.73. The second kappa shape index (κ2) is 7.19. The standard InChI is InChI=1S/C19H22N4O3S/c1-11-15(12(2)26-22-11)20-18(24)13-7-8-14(25-3)16-17(13)27-19(21-16)23-9-5-4-6-10-23/h7-8H,4-6,9-10H2,1-3H3,(H,20,24). The summed E-state index contributed by atoms with van der Waals surface area (Å²) in [7, 11) is 1.62. The fraction of sp³-hybridized carbons (Fsp3) is 0.421. The van der Waals surface area contributed by atoms with Gasteiger partial charge in [0, 0.05) is 13.1 Å². The molecule has 27 heavy (non-hydrogen) atoms. The summed E-state index contributed by atoms with van der Waals surface area (Å²) >= 11 is 1.54. The van der Waals surface area contributed by atoms with E-state index in [0.717, 1.165) is 28.4 Å². The van der Waals surface area contributed by atoms with E-state index in [1.807, 2.05) is 0 Å². The maximum absolute atomic E-state index is 13.0. The zero-order chi connectivity index (χ0) is 19.0. The molecule has 0 atom stereocenters. The minimum absolute atomic E-state index is 0.203. The lowest BCUT2D eigenvalue weighted by atomic mass is 10.1. The van der Waals surface area contributed by atoms with Crippen molar-refractivity contribution in [2.75, 3.05) is 30.4 Å². The second-order valence-electron chi connectivity index (χ2n) is 6.69. The van der Waals surface area contributed by atoms with Crippen molar-refractivity contribution in [3.05, 3.63) is 29.2 Å². The number of hydrogen-bond donors (Lipinski definition) is 1. The van der Waals surface area contributed by atoms with E-state index in [1.165, 1.54) is 19.3 Å². The molecule has 1 saturated heterocycles. The summed E-state index contributed by atoms with van der Waals surface area (Å²) in [6, 6.07) is 3.58. The van der Waals surface area contributed by atoms with Gasteiger partial charge in [0.15, 0.2) is 10.9 Å². The van der Waals surface area contributed by atoms with Crippen molar-refractivity contribution in [3.8, 4) is 5.75 Å². The summed E-state index contributed by atoms with van der Waals surface area (Å²) < 4.78 is 11.4. The van der Waals surface area contributed by atoms with E-state index in [9.17, 15) is 4.79 Å². The Morgan fingerprint density at radius 3 is 2.70 bits per heavy atom. The molecule has 1 aromatic carbocycles. The van der Waals surface area contributed by atoms with Crippen molar-refractivity contribution >= 4 is 38.3 Å². The predicted octanol–water partition coefficient (Wildman–Crippen LogP) is 4.15. The van der Waals surface area contributed by atoms with Crippen LogP contribution in [0.3, 0.4) is 0 Å². The number of thiazole rings is 1. The van der Waals surface area contributed by atoms with Crippen LogP contribution in [-0.2, 0) is 0 Å². The topological polar surface area (TPSA) is 80.5 Å². The summed E-state index contributed by atoms with van der Waals surface area (Å²) in [5.74, 6) is 1.06. The Kier molecular flexibility index (Phi) is 4.73. The number of nitrogens with one attached hydrogen (secondary N) is 1. The first kappa shape index (κ1) is 17.8. The Morgan fingerprint density at radius 1 is 1.26 bits per heavy atom. The van der Waals surface area contributed by atoms with Crippen molar-refractivity contribution in [1.82, 2.24) is 10.1 Å². The molecule has 1 aliphatic heterocycles. The quantitative estimate of drug-likeness (QED) is 0.725. The van der Waals surface area contributed by atoms with Crippen LogP contribution in [-0.4, -0.2) is 36.2 Å². The Morgan fingerprint density at radius 2 is 2.04 bits per heavy atom. The monoisotopic (exact) mass is 386 g/mol. The van der Waals surface area contributed by atoms with Crippen molar-refractivity contribution < 1.29 is 14.1 Å². The highest BCUT2D eigenvalue weighted by molar-refractivity contribution is 7.22. The number of carbonyl (C=O) groups is 1. The number of methoxy groups -OCH3 is 1. The number of carbonyl (C=O) groups excluding carboxylic acids is 1. The molecule has 1 amide bonds. The summed E-state index contributed by atoms with van der Waals surface area (Å²) in [4.78, 5) is 20.0. The third-order valence-electron chi connectivity index (χ3n) is 4.86. The van der Waals surface area contributed by atoms with E-state index < -0.39 is 0 Å². The minimum Gasteiger partial charge on any atom is -0.494 e. The van der Waals surface area contributed by atoms with Gasteiger partial charge in [-0.05, 0) is 45.2 Å². The molecular formula is C19H22N4O3S. The van der Waals surface area contributed by atoms with Gasteiger partial charge in [-0.2, -0.15) is 0 Å². The van der Waals surface area contributed by atoms with Crippen molar-refractivity contribution in [2.24, 2.45) is 0 Å². The lowest BCUT2D eigenvalue weighted by molar-refractivity contribution is 0.102. The molecule has 1 fully saturated rings. The molecule has 1 N–H and O–H groups in total. The van der Waals surface area contributed by atoms with Gasteiger partial charge in [-0.15, -0.1) is 0 Å². The van der Waals surface area contributed by atoms with E-state index >= 15 is 0 Å². The maximum atomic E-state index is 13.0. The summed E-state index contributed by atoms with van der Waals surface area (Å²) in [6.07, 6.45) is 3.61. The number of ether oxygens (including phenoxy) is 1. The molecule has 0 bridgehead atoms. The Hall–Kier alpha value is -2.61. The Labute approximate surface area is 161 Å². The first-order chi connectivity index (χ1) is 13.1. The maximum Gasteiger partial charge on any atom is 0.257 e. The average molecular weight is 386 g/mol. The van der Waals surface area contributed by atoms with Crippen LogP contribution in [0.5, 0.6) is 5.75 Å². The molecule has 0 aliphatic carbocycles. The van der Waals surface area contributed by atoms with E-state index in [4.69, 9.17) is 14.2 Å². The van der Waals surface area contributed by atoms with E-state index in [2.05, 4.69) is 15.4 Å². The van der Waals surface area contributed by atoms with Gasteiger partial charge in [-0.3, -0.25) is 4.79 Å². The Bertz CT molecular complexity index is 969. The van der Waals surface area contributed by atoms with Crippen LogP contribution in [0.1, 0.15) is 41.1 Å². The van der Waals surface area contributed by atoms with Gasteiger partial charge in [0.05, 0.1) is 17.4 Å². The van der Waals surface area contributed by atoms with Crippen molar-refractivity contribution in [1.29, 1.82) is 0 Å². The van der Waals surface area contributed by atoms with Crippen LogP contribution in [0, 0.1) is 13.8 Å². The molecule has 142 valence electrons. The zero-order valence-electron chi connectivity index (χ0n) is 15.7. The van der Waals surface area contributed by atoms with E-state index in [0.29, 0.717) is 28.5 Å². The third kappa shape index (κ3) is 3.25. The van der Waals surface area contributed by atoms with Crippen LogP contribution in [0.25, 0.3) is 10.2 Å². The molecule has 3 aromatic rings. The van der Waals surface area contributed by atoms with E-state index in [-0.39, 0.29) is 5.91 Å². The van der Waals surface area contributed by atoms with Crippen LogP contribution >= 0.6 is 11.3 Å². The molecule has 0 unspecified atom stereocenters. The first-order valence-corrected chi connectivity index (χ1v) is 9.87. The fourth-order valence-electron chi connectivity index (χ4n) is 3.38. The van der Waals surface area contributed by atoms with Crippen molar-refractivity contribution in [3.63, 3.8) is 0 Å². The van der Waals surface area contributed by atoms with Crippen molar-refractivity contribution in [2.45, 2.75) is 33.1 Å². The van der Waals surface area contributed by atoms with Crippen LogP contribution in [0.4, 0.5) is 10.8 Å². The molecule has 7 nitrogen and oxygen atoms in total. The number of amides is 1. The number of hydrogen-bond acceptors (Lipinski definition) is 7. The number of rotatable bonds is 4. The smallest absolute Gasteiger partial charge is 0.257 e. The van der Waals surface area contributed by atoms with Gasteiger partial charge in [-0.1, -0.05) is 16.5 Å². The van der Waals surface area contributed by atoms with Gasteiger partial charge in [0.25, 0.3) is 5.91 Å². The highest BCUT2D eigenvalue weighted by atomic mass is 32.1. The van der Waals surface area contributed by atoms with Gasteiger partial charge in [0.2, 0.25) is 0 Å². The highest BCUT2D eigenvalue weighted by Gasteiger charge is 2.22. The zero-order valence-corrected chi connectivity index (χ0v) is 16.5. The van der Waals surface area contributed by atoms with Crippen LogP contribution in [0.2, 0.25) is 0 Å². The number of aromatic nitrogens is 2. The normalized spacial score (nSPS) is 14.6. The van der Waals surface area contributed by atoms with Gasteiger partial charge < -0.3 is 19.5 Å². The molecule has 0 spiro atoms. The van der Waals surface area contributed by atoms with Gasteiger partial charge in [-0.25, -0.2) is 4.98 Å². The summed E-state index contributed by atoms with van der Waals surface area (Å²) in [6.45, 7) is 5.59. The fourth-order valence-corrected chi connectivity index (χ4v) is 4.52. The lowest BCUT2D eigenvalue weighted by Crippen LogP contribution is -2.29. The third-order valence-corrected chi connectivity index (χ3v) is 6.01. The number of anilines is 2. The lowest BCUT2D eigenvalue weighted by Gasteiger charge is -2.25. The van der Waals surface area contributed by atoms with Gasteiger partial charge in [0.1, 0.15) is 22.6 Å². The molecule has 0 saturated carbocycles. The molecule has 2 aromatic heterocycles.